The normalized spacial score (nSPS) is 29.5. The van der Waals surface area contributed by atoms with Gasteiger partial charge < -0.3 is 9.88 Å². The molecule has 4 nitrogen and oxygen atoms in total. The van der Waals surface area contributed by atoms with Crippen molar-refractivity contribution in [1.29, 1.82) is 0 Å². The van der Waals surface area contributed by atoms with E-state index >= 15 is 0 Å². The molecule has 2 fully saturated rings. The summed E-state index contributed by atoms with van der Waals surface area (Å²) in [7, 11) is 1.99. The second kappa shape index (κ2) is 4.59. The van der Waals surface area contributed by atoms with Crippen molar-refractivity contribution in [3.05, 3.63) is 17.2 Å². The fourth-order valence-corrected chi connectivity index (χ4v) is 3.26. The lowest BCUT2D eigenvalue weighted by Gasteiger charge is -2.36. The highest BCUT2D eigenvalue weighted by atomic mass is 35.5. The predicted octanol–water partition coefficient (Wildman–Crippen LogP) is 1.26. The van der Waals surface area contributed by atoms with Crippen molar-refractivity contribution >= 4 is 11.6 Å². The topological polar surface area (TPSA) is 33.1 Å². The molecular formula is C12H19ClN4. The van der Waals surface area contributed by atoms with Crippen LogP contribution < -0.4 is 5.32 Å². The molecule has 17 heavy (non-hydrogen) atoms. The molecule has 0 amide bonds. The van der Waals surface area contributed by atoms with E-state index in [1.165, 1.54) is 25.9 Å². The minimum Gasteiger partial charge on any atom is -0.321 e. The van der Waals surface area contributed by atoms with Crippen LogP contribution in [0.5, 0.6) is 0 Å². The van der Waals surface area contributed by atoms with Crippen LogP contribution in [0.1, 0.15) is 18.7 Å². The van der Waals surface area contributed by atoms with E-state index < -0.39 is 0 Å². The molecule has 1 N–H and O–H groups in total. The summed E-state index contributed by atoms with van der Waals surface area (Å²) in [5, 5.41) is 4.23. The molecule has 2 atom stereocenters. The number of hydrogen-bond acceptors (Lipinski definition) is 3. The molecular weight excluding hydrogens is 236 g/mol. The van der Waals surface area contributed by atoms with Crippen LogP contribution in [0.2, 0.25) is 5.15 Å². The van der Waals surface area contributed by atoms with Crippen LogP contribution in [0.25, 0.3) is 0 Å². The molecule has 0 aromatic carbocycles. The maximum atomic E-state index is 6.03. The molecule has 2 aliphatic heterocycles. The van der Waals surface area contributed by atoms with E-state index in [1.807, 2.05) is 11.6 Å². The van der Waals surface area contributed by atoms with Gasteiger partial charge in [0.1, 0.15) is 11.0 Å². The summed E-state index contributed by atoms with van der Waals surface area (Å²) >= 11 is 6.03. The number of halogens is 1. The molecule has 1 aromatic heterocycles. The van der Waals surface area contributed by atoms with Gasteiger partial charge >= 0.3 is 0 Å². The molecule has 0 aliphatic carbocycles. The smallest absolute Gasteiger partial charge is 0.128 e. The van der Waals surface area contributed by atoms with Crippen LogP contribution in [0.15, 0.2) is 6.20 Å². The van der Waals surface area contributed by atoms with Gasteiger partial charge in [0.05, 0.1) is 12.7 Å². The van der Waals surface area contributed by atoms with Gasteiger partial charge in [0.25, 0.3) is 0 Å². The lowest BCUT2D eigenvalue weighted by atomic mass is 9.92. The van der Waals surface area contributed by atoms with Gasteiger partial charge in [-0.15, -0.1) is 0 Å². The fraction of sp³-hybridized carbons (Fsp3) is 0.750. The average Bonchev–Trinajstić information content (AvgIpc) is 2.91. The zero-order chi connectivity index (χ0) is 11.8. The molecule has 0 saturated carbocycles. The van der Waals surface area contributed by atoms with Crippen LogP contribution in [-0.2, 0) is 13.6 Å². The number of fused-ring (bicyclic) bond motifs is 1. The second-order valence-electron chi connectivity index (χ2n) is 5.15. The standard InChI is InChI=1S/C12H19ClN4/c1-16-11(13)7-15-12(16)8-17-4-2-3-9-5-14-6-10(9)17/h7,9-10,14H,2-6,8H2,1H3. The Hall–Kier alpha value is -0.580. The summed E-state index contributed by atoms with van der Waals surface area (Å²) in [6.45, 7) is 4.42. The van der Waals surface area contributed by atoms with Crippen LogP contribution in [-0.4, -0.2) is 40.1 Å². The molecule has 5 heteroatoms. The number of rotatable bonds is 2. The summed E-state index contributed by atoms with van der Waals surface area (Å²) in [6.07, 6.45) is 4.42. The molecule has 0 bridgehead atoms. The zero-order valence-corrected chi connectivity index (χ0v) is 11.0. The summed E-state index contributed by atoms with van der Waals surface area (Å²) in [5.41, 5.74) is 0. The minimum atomic E-state index is 0.694. The maximum Gasteiger partial charge on any atom is 0.128 e. The minimum absolute atomic E-state index is 0.694. The number of hydrogen-bond donors (Lipinski definition) is 1. The highest BCUT2D eigenvalue weighted by Gasteiger charge is 2.35. The first-order valence-corrected chi connectivity index (χ1v) is 6.74. The van der Waals surface area contributed by atoms with E-state index in [4.69, 9.17) is 11.6 Å². The fourth-order valence-electron chi connectivity index (χ4n) is 3.11. The number of nitrogens with zero attached hydrogens (tertiary/aromatic N) is 3. The Morgan fingerprint density at radius 2 is 2.41 bits per heavy atom. The third kappa shape index (κ3) is 2.09. The first kappa shape index (κ1) is 11.5. The van der Waals surface area contributed by atoms with Crippen molar-refractivity contribution in [2.75, 3.05) is 19.6 Å². The van der Waals surface area contributed by atoms with Crippen LogP contribution >= 0.6 is 11.6 Å². The Bertz CT molecular complexity index is 403. The molecule has 3 heterocycles. The summed E-state index contributed by atoms with van der Waals surface area (Å²) < 4.78 is 1.98. The lowest BCUT2D eigenvalue weighted by molar-refractivity contribution is 0.113. The molecule has 2 unspecified atom stereocenters. The first-order chi connectivity index (χ1) is 8.25. The monoisotopic (exact) mass is 254 g/mol. The van der Waals surface area contributed by atoms with E-state index in [1.54, 1.807) is 6.20 Å². The third-order valence-corrected chi connectivity index (χ3v) is 4.52. The van der Waals surface area contributed by atoms with E-state index in [0.717, 1.165) is 30.0 Å². The van der Waals surface area contributed by atoms with Gasteiger partial charge in [-0.25, -0.2) is 4.98 Å². The summed E-state index contributed by atoms with van der Waals surface area (Å²) in [6, 6.07) is 0.694. The molecule has 2 aliphatic rings. The molecule has 3 rings (SSSR count). The third-order valence-electron chi connectivity index (χ3n) is 4.17. The van der Waals surface area contributed by atoms with Crippen LogP contribution in [0.4, 0.5) is 0 Å². The number of likely N-dealkylation sites (tertiary alicyclic amines) is 1. The zero-order valence-electron chi connectivity index (χ0n) is 10.2. The van der Waals surface area contributed by atoms with Gasteiger partial charge in [0, 0.05) is 19.6 Å². The highest BCUT2D eigenvalue weighted by molar-refractivity contribution is 6.29. The van der Waals surface area contributed by atoms with Gasteiger partial charge in [0.15, 0.2) is 0 Å². The molecule has 94 valence electrons. The van der Waals surface area contributed by atoms with E-state index in [9.17, 15) is 0 Å². The van der Waals surface area contributed by atoms with Crippen molar-refractivity contribution < 1.29 is 0 Å². The van der Waals surface area contributed by atoms with E-state index in [2.05, 4.69) is 15.2 Å². The SMILES string of the molecule is Cn1c(Cl)cnc1CN1CCCC2CNCC21. The molecule has 2 saturated heterocycles. The number of nitrogens with one attached hydrogen (secondary N) is 1. The van der Waals surface area contributed by atoms with Gasteiger partial charge in [-0.05, 0) is 31.8 Å². The lowest BCUT2D eigenvalue weighted by Crippen LogP contribution is -2.44. The van der Waals surface area contributed by atoms with Crippen LogP contribution in [0, 0.1) is 5.92 Å². The average molecular weight is 255 g/mol. The van der Waals surface area contributed by atoms with Gasteiger partial charge in [-0.3, -0.25) is 4.90 Å². The second-order valence-corrected chi connectivity index (χ2v) is 5.54. The maximum absolute atomic E-state index is 6.03. The predicted molar refractivity (Wildman–Crippen MR) is 68.0 cm³/mol. The van der Waals surface area contributed by atoms with Crippen molar-refractivity contribution in [3.8, 4) is 0 Å². The number of piperidine rings is 1. The number of aromatic nitrogens is 2. The first-order valence-electron chi connectivity index (χ1n) is 6.36. The molecule has 0 spiro atoms. The van der Waals surface area contributed by atoms with Crippen molar-refractivity contribution in [1.82, 2.24) is 19.8 Å². The summed E-state index contributed by atoms with van der Waals surface area (Å²) in [5.74, 6) is 1.90. The van der Waals surface area contributed by atoms with Gasteiger partial charge in [-0.1, -0.05) is 11.6 Å². The Balaban J connectivity index is 1.74. The Kier molecular flexibility index (Phi) is 3.11. The van der Waals surface area contributed by atoms with E-state index in [0.29, 0.717) is 6.04 Å². The van der Waals surface area contributed by atoms with Crippen molar-refractivity contribution in [2.24, 2.45) is 13.0 Å². The largest absolute Gasteiger partial charge is 0.321 e. The Labute approximate surface area is 107 Å². The van der Waals surface area contributed by atoms with Gasteiger partial charge in [0.2, 0.25) is 0 Å². The molecule has 0 radical (unpaired) electrons. The molecule has 1 aromatic rings. The van der Waals surface area contributed by atoms with Gasteiger partial charge in [-0.2, -0.15) is 0 Å². The van der Waals surface area contributed by atoms with E-state index in [-0.39, 0.29) is 0 Å². The Morgan fingerprint density at radius 1 is 1.53 bits per heavy atom. The Morgan fingerprint density at radius 3 is 3.18 bits per heavy atom. The van der Waals surface area contributed by atoms with Crippen molar-refractivity contribution in [3.63, 3.8) is 0 Å². The highest BCUT2D eigenvalue weighted by Crippen LogP contribution is 2.27. The van der Waals surface area contributed by atoms with Crippen molar-refractivity contribution in [2.45, 2.75) is 25.4 Å². The van der Waals surface area contributed by atoms with Crippen LogP contribution in [0.3, 0.4) is 0 Å². The quantitative estimate of drug-likeness (QED) is 0.863. The summed E-state index contributed by atoms with van der Waals surface area (Å²) in [4.78, 5) is 6.95. The number of imidazole rings is 1.